The van der Waals surface area contributed by atoms with Gasteiger partial charge in [-0.2, -0.15) is 4.99 Å². The van der Waals surface area contributed by atoms with Crippen molar-refractivity contribution in [3.05, 3.63) is 53.1 Å². The average molecular weight is 610 g/mol. The molecule has 0 saturated carbocycles. The number of thioether (sulfide) groups is 1. The van der Waals surface area contributed by atoms with Crippen LogP contribution in [0.1, 0.15) is 26.3 Å². The molecule has 216 valence electrons. The fourth-order valence-corrected chi connectivity index (χ4v) is 8.70. The van der Waals surface area contributed by atoms with E-state index >= 15 is 0 Å². The molecule has 2 aliphatic heterocycles. The zero-order chi connectivity index (χ0) is 29.2. The van der Waals surface area contributed by atoms with Crippen molar-refractivity contribution < 1.29 is 32.2 Å². The van der Waals surface area contributed by atoms with E-state index in [1.807, 2.05) is 30.3 Å². The summed E-state index contributed by atoms with van der Waals surface area (Å²) in [5.41, 5.74) is 0.512. The highest BCUT2D eigenvalue weighted by atomic mass is 35.5. The van der Waals surface area contributed by atoms with E-state index in [0.717, 1.165) is 5.56 Å². The number of halogens is 1. The molecule has 2 aromatic rings. The molecule has 2 aliphatic rings. The number of hydrogen-bond donors (Lipinski definition) is 1. The molecule has 10 nitrogen and oxygen atoms in total. The Balaban J connectivity index is 1.73. The number of amidine groups is 1. The van der Waals surface area contributed by atoms with Crippen molar-refractivity contribution in [3.63, 3.8) is 0 Å². The molecule has 3 atom stereocenters. The third-order valence-electron chi connectivity index (χ3n) is 6.26. The molecule has 0 spiro atoms. The first-order valence-corrected chi connectivity index (χ1v) is 15.6. The summed E-state index contributed by atoms with van der Waals surface area (Å²) in [6, 6.07) is 10.9. The topological polar surface area (TPSA) is 124 Å². The second-order valence-corrected chi connectivity index (χ2v) is 14.2. The minimum atomic E-state index is -3.31. The summed E-state index contributed by atoms with van der Waals surface area (Å²) < 4.78 is 41.3. The lowest BCUT2D eigenvalue weighted by Crippen LogP contribution is -2.45. The normalized spacial score (nSPS) is 21.6. The SMILES string of the molecule is COc1cc(OC)c(N2C(=NC(=O)C(Cc3ccccc3)NC(=O)OC(C)(C)C)SC3CS(=O)(=O)CC32)cc1Cl. The summed E-state index contributed by atoms with van der Waals surface area (Å²) >= 11 is 7.64. The van der Waals surface area contributed by atoms with Crippen molar-refractivity contribution in [2.75, 3.05) is 30.6 Å². The van der Waals surface area contributed by atoms with E-state index in [-0.39, 0.29) is 28.2 Å². The van der Waals surface area contributed by atoms with Crippen LogP contribution in [-0.4, -0.2) is 74.2 Å². The molecule has 1 N–H and O–H groups in total. The Morgan fingerprint density at radius 1 is 1.12 bits per heavy atom. The van der Waals surface area contributed by atoms with Gasteiger partial charge < -0.3 is 24.4 Å². The van der Waals surface area contributed by atoms with E-state index < -0.39 is 39.5 Å². The fraction of sp³-hybridized carbons (Fsp3) is 0.444. The zero-order valence-corrected chi connectivity index (χ0v) is 25.2. The Morgan fingerprint density at radius 3 is 2.42 bits per heavy atom. The zero-order valence-electron chi connectivity index (χ0n) is 22.8. The lowest BCUT2D eigenvalue weighted by Gasteiger charge is -2.27. The molecular formula is C27H32ClN3O7S2. The third kappa shape index (κ3) is 7.02. The minimum absolute atomic E-state index is 0.0537. The second kappa shape index (κ2) is 11.9. The van der Waals surface area contributed by atoms with Gasteiger partial charge in [-0.05, 0) is 32.4 Å². The number of nitrogens with one attached hydrogen (secondary N) is 1. The molecule has 40 heavy (non-hydrogen) atoms. The number of hydrogen-bond acceptors (Lipinski definition) is 8. The first-order valence-electron chi connectivity index (χ1n) is 12.5. The minimum Gasteiger partial charge on any atom is -0.495 e. The van der Waals surface area contributed by atoms with Gasteiger partial charge in [-0.1, -0.05) is 53.7 Å². The Labute approximate surface area is 243 Å². The van der Waals surface area contributed by atoms with E-state index in [9.17, 15) is 18.0 Å². The van der Waals surface area contributed by atoms with E-state index in [1.54, 1.807) is 37.8 Å². The molecule has 13 heteroatoms. The van der Waals surface area contributed by atoms with Gasteiger partial charge in [-0.15, -0.1) is 0 Å². The predicted molar refractivity (Wildman–Crippen MR) is 157 cm³/mol. The van der Waals surface area contributed by atoms with E-state index in [0.29, 0.717) is 22.4 Å². The van der Waals surface area contributed by atoms with Crippen LogP contribution < -0.4 is 19.7 Å². The van der Waals surface area contributed by atoms with Gasteiger partial charge in [0.25, 0.3) is 5.91 Å². The van der Waals surface area contributed by atoms with Crippen LogP contribution in [-0.2, 0) is 25.8 Å². The van der Waals surface area contributed by atoms with Crippen molar-refractivity contribution in [3.8, 4) is 11.5 Å². The molecule has 2 heterocycles. The van der Waals surface area contributed by atoms with Gasteiger partial charge in [-0.3, -0.25) is 4.79 Å². The quantitative estimate of drug-likeness (QED) is 0.494. The second-order valence-electron chi connectivity index (χ2n) is 10.5. The monoisotopic (exact) mass is 609 g/mol. The smallest absolute Gasteiger partial charge is 0.408 e. The summed E-state index contributed by atoms with van der Waals surface area (Å²) in [6.07, 6.45) is -0.566. The lowest BCUT2D eigenvalue weighted by molar-refractivity contribution is -0.119. The summed E-state index contributed by atoms with van der Waals surface area (Å²) in [6.45, 7) is 5.19. The number of ether oxygens (including phenoxy) is 3. The van der Waals surface area contributed by atoms with Gasteiger partial charge in [0.1, 0.15) is 23.1 Å². The van der Waals surface area contributed by atoms with Crippen LogP contribution in [0.2, 0.25) is 5.02 Å². The average Bonchev–Trinajstić information content (AvgIpc) is 3.33. The van der Waals surface area contributed by atoms with Crippen LogP contribution in [0, 0.1) is 0 Å². The predicted octanol–water partition coefficient (Wildman–Crippen LogP) is 4.09. The Morgan fingerprint density at radius 2 is 1.80 bits per heavy atom. The van der Waals surface area contributed by atoms with Crippen LogP contribution in [0.25, 0.3) is 0 Å². The van der Waals surface area contributed by atoms with Crippen molar-refractivity contribution >= 4 is 56.1 Å². The molecule has 3 unspecified atom stereocenters. The Bertz CT molecular complexity index is 1410. The molecule has 0 aliphatic carbocycles. The van der Waals surface area contributed by atoms with E-state index in [2.05, 4.69) is 10.3 Å². The number of fused-ring (bicyclic) bond motifs is 1. The van der Waals surface area contributed by atoms with Crippen LogP contribution in [0.3, 0.4) is 0 Å². The van der Waals surface area contributed by atoms with Crippen LogP contribution in [0.4, 0.5) is 10.5 Å². The number of sulfone groups is 1. The van der Waals surface area contributed by atoms with Gasteiger partial charge in [0.05, 0.1) is 42.5 Å². The maximum Gasteiger partial charge on any atom is 0.408 e. The first kappa shape index (κ1) is 30.0. The van der Waals surface area contributed by atoms with Gasteiger partial charge in [-0.25, -0.2) is 13.2 Å². The maximum atomic E-state index is 13.7. The number of rotatable bonds is 7. The van der Waals surface area contributed by atoms with Crippen LogP contribution in [0.5, 0.6) is 11.5 Å². The van der Waals surface area contributed by atoms with Crippen molar-refractivity contribution in [2.45, 2.75) is 50.1 Å². The molecule has 2 saturated heterocycles. The number of carbonyl (C=O) groups excluding carboxylic acids is 2. The molecule has 2 fully saturated rings. The Hall–Kier alpha value is -2.96. The summed E-state index contributed by atoms with van der Waals surface area (Å²) in [7, 11) is -0.359. The molecule has 0 aromatic heterocycles. The molecular weight excluding hydrogens is 578 g/mol. The standard InChI is InChI=1S/C27H32ClN3O7S2/c1-27(2,3)38-26(33)29-18(11-16-9-7-6-8-10-16)24(32)30-25-31(20-14-40(34,35)15-23(20)39-25)19-12-17(28)21(36-4)13-22(19)37-5/h6-10,12-13,18,20,23H,11,14-15H2,1-5H3,(H,29,33). The molecule has 0 radical (unpaired) electrons. The highest BCUT2D eigenvalue weighted by molar-refractivity contribution is 8.16. The van der Waals surface area contributed by atoms with Gasteiger partial charge in [0, 0.05) is 17.7 Å². The Kier molecular flexibility index (Phi) is 8.91. The number of nitrogens with zero attached hydrogens (tertiary/aromatic N) is 2. The molecule has 2 aromatic carbocycles. The first-order chi connectivity index (χ1) is 18.8. The number of anilines is 1. The summed E-state index contributed by atoms with van der Waals surface area (Å²) in [5.74, 6) is -0.0251. The number of amides is 2. The number of benzene rings is 2. The third-order valence-corrected chi connectivity index (χ3v) is 9.76. The van der Waals surface area contributed by atoms with Gasteiger partial charge >= 0.3 is 6.09 Å². The van der Waals surface area contributed by atoms with Gasteiger partial charge in [0.2, 0.25) is 0 Å². The largest absolute Gasteiger partial charge is 0.495 e. The van der Waals surface area contributed by atoms with E-state index in [4.69, 9.17) is 25.8 Å². The molecule has 2 amide bonds. The van der Waals surface area contributed by atoms with E-state index in [1.165, 1.54) is 26.0 Å². The maximum absolute atomic E-state index is 13.7. The van der Waals surface area contributed by atoms with Crippen molar-refractivity contribution in [1.29, 1.82) is 0 Å². The summed E-state index contributed by atoms with van der Waals surface area (Å²) in [4.78, 5) is 32.4. The van der Waals surface area contributed by atoms with Crippen LogP contribution in [0.15, 0.2) is 47.5 Å². The highest BCUT2D eigenvalue weighted by Crippen LogP contribution is 2.46. The molecule has 0 bridgehead atoms. The highest BCUT2D eigenvalue weighted by Gasteiger charge is 2.50. The summed E-state index contributed by atoms with van der Waals surface area (Å²) in [5, 5.41) is 2.88. The number of alkyl carbamates (subject to hydrolysis) is 1. The van der Waals surface area contributed by atoms with Crippen molar-refractivity contribution in [2.24, 2.45) is 4.99 Å². The number of methoxy groups -OCH3 is 2. The van der Waals surface area contributed by atoms with Gasteiger partial charge in [0.15, 0.2) is 15.0 Å². The fourth-order valence-electron chi connectivity index (χ4n) is 4.55. The van der Waals surface area contributed by atoms with Crippen molar-refractivity contribution in [1.82, 2.24) is 5.32 Å². The number of carbonyl (C=O) groups is 2. The lowest BCUT2D eigenvalue weighted by atomic mass is 10.1. The van der Waals surface area contributed by atoms with Crippen LogP contribution >= 0.6 is 23.4 Å². The number of aliphatic imine (C=N–C) groups is 1. The molecule has 4 rings (SSSR count).